The van der Waals surface area contributed by atoms with Crippen LogP contribution < -0.4 is 0 Å². The van der Waals surface area contributed by atoms with Crippen molar-refractivity contribution in [2.45, 2.75) is 19.7 Å². The van der Waals surface area contributed by atoms with Crippen molar-refractivity contribution in [2.75, 3.05) is 0 Å². The molecule has 50 valence electrons. The number of rotatable bonds is 2. The first kappa shape index (κ1) is 7.39. The van der Waals surface area contributed by atoms with Crippen LogP contribution in [-0.2, 0) is 6.42 Å². The van der Waals surface area contributed by atoms with Gasteiger partial charge in [0.2, 0.25) is 0 Å². The average molecular weight is 130 g/mol. The van der Waals surface area contributed by atoms with Gasteiger partial charge in [-0.2, -0.15) is 0 Å². The molecule has 0 unspecified atom stereocenters. The Bertz CT molecular complexity index is 188. The molecule has 0 saturated carbocycles. The zero-order chi connectivity index (χ0) is 7.40. The molecule has 0 spiro atoms. The van der Waals surface area contributed by atoms with E-state index in [9.17, 15) is 0 Å². The van der Waals surface area contributed by atoms with Gasteiger partial charge in [-0.05, 0) is 18.9 Å². The number of hydrogen-bond acceptors (Lipinski definition) is 0. The first-order chi connectivity index (χ1) is 4.83. The Morgan fingerprint density at radius 3 is 2.30 bits per heavy atom. The maximum absolute atomic E-state index is 5.40. The van der Waals surface area contributed by atoms with Crippen molar-refractivity contribution >= 4 is 7.85 Å². The Balaban J connectivity index is 2.69. The van der Waals surface area contributed by atoms with Crippen LogP contribution in [-0.4, -0.2) is 7.85 Å². The summed E-state index contributed by atoms with van der Waals surface area (Å²) in [6, 6.07) is 8.49. The van der Waals surface area contributed by atoms with Crippen LogP contribution in [0.5, 0.6) is 0 Å². The second-order valence-corrected chi connectivity index (χ2v) is 2.52. The highest BCUT2D eigenvalue weighted by atomic mass is 13.9. The molecular formula is C9H11B. The highest BCUT2D eigenvalue weighted by molar-refractivity contribution is 6.08. The van der Waals surface area contributed by atoms with E-state index in [2.05, 4.69) is 31.2 Å². The van der Waals surface area contributed by atoms with E-state index in [-0.39, 0.29) is 0 Å². The van der Waals surface area contributed by atoms with Crippen LogP contribution in [0.2, 0.25) is 6.32 Å². The van der Waals surface area contributed by atoms with Crippen molar-refractivity contribution in [3.8, 4) is 0 Å². The molecule has 0 saturated heterocycles. The van der Waals surface area contributed by atoms with E-state index in [1.807, 2.05) is 0 Å². The second kappa shape index (κ2) is 3.45. The summed E-state index contributed by atoms with van der Waals surface area (Å²) in [6.45, 7) is 2.09. The highest BCUT2D eigenvalue weighted by Gasteiger charge is 1.87. The number of hydrogen-bond donors (Lipinski definition) is 0. The van der Waals surface area contributed by atoms with Gasteiger partial charge in [0, 0.05) is 0 Å². The lowest BCUT2D eigenvalue weighted by Gasteiger charge is -1.97. The van der Waals surface area contributed by atoms with Crippen LogP contribution in [0.25, 0.3) is 0 Å². The summed E-state index contributed by atoms with van der Waals surface area (Å²) in [5, 5.41) is 0. The zero-order valence-electron chi connectivity index (χ0n) is 6.30. The topological polar surface area (TPSA) is 0 Å². The van der Waals surface area contributed by atoms with Gasteiger partial charge in [-0.15, -0.1) is 0 Å². The molecule has 0 N–H and O–H groups in total. The molecule has 0 nitrogen and oxygen atoms in total. The lowest BCUT2D eigenvalue weighted by Crippen LogP contribution is -1.82. The fourth-order valence-electron chi connectivity index (χ4n) is 0.921. The molecule has 1 aromatic carbocycles. The van der Waals surface area contributed by atoms with Crippen LogP contribution in [0.4, 0.5) is 0 Å². The van der Waals surface area contributed by atoms with Crippen molar-refractivity contribution in [1.29, 1.82) is 0 Å². The maximum Gasteiger partial charge on any atom is 0.0657 e. The highest BCUT2D eigenvalue weighted by Crippen LogP contribution is 2.04. The minimum atomic E-state index is 0.739. The molecule has 0 bridgehead atoms. The van der Waals surface area contributed by atoms with E-state index in [1.165, 1.54) is 11.1 Å². The molecule has 1 aromatic rings. The summed E-state index contributed by atoms with van der Waals surface area (Å²) in [5.41, 5.74) is 2.63. The van der Waals surface area contributed by atoms with Gasteiger partial charge < -0.3 is 0 Å². The van der Waals surface area contributed by atoms with E-state index in [0.717, 1.165) is 12.7 Å². The normalized spacial score (nSPS) is 9.70. The zero-order valence-corrected chi connectivity index (χ0v) is 6.30. The monoisotopic (exact) mass is 130 g/mol. The van der Waals surface area contributed by atoms with Crippen LogP contribution >= 0.6 is 0 Å². The summed E-state index contributed by atoms with van der Waals surface area (Å²) in [4.78, 5) is 0. The number of aryl methyl sites for hydroxylation is 2. The third-order valence-electron chi connectivity index (χ3n) is 1.55. The predicted octanol–water partition coefficient (Wildman–Crippen LogP) is 2.12. The Morgan fingerprint density at radius 1 is 1.20 bits per heavy atom. The lowest BCUT2D eigenvalue weighted by atomic mass is 9.97. The van der Waals surface area contributed by atoms with E-state index < -0.39 is 0 Å². The molecule has 10 heavy (non-hydrogen) atoms. The largest absolute Gasteiger partial charge is 0.0847 e. The molecule has 0 fully saturated rings. The summed E-state index contributed by atoms with van der Waals surface area (Å²) in [6.07, 6.45) is 1.73. The summed E-state index contributed by atoms with van der Waals surface area (Å²) in [7, 11) is 5.40. The van der Waals surface area contributed by atoms with Gasteiger partial charge in [0.1, 0.15) is 0 Å². The Morgan fingerprint density at radius 2 is 1.80 bits per heavy atom. The maximum atomic E-state index is 5.40. The van der Waals surface area contributed by atoms with Crippen molar-refractivity contribution in [1.82, 2.24) is 0 Å². The average Bonchev–Trinajstić information content (AvgIpc) is 1.95. The molecule has 0 atom stereocenters. The Hall–Kier alpha value is -0.715. The van der Waals surface area contributed by atoms with E-state index in [1.54, 1.807) is 0 Å². The second-order valence-electron chi connectivity index (χ2n) is 2.52. The fourth-order valence-corrected chi connectivity index (χ4v) is 0.921. The molecule has 0 aliphatic carbocycles. The van der Waals surface area contributed by atoms with Crippen LogP contribution in [0.15, 0.2) is 24.3 Å². The third kappa shape index (κ3) is 1.91. The number of benzene rings is 1. The Labute approximate surface area is 63.7 Å². The van der Waals surface area contributed by atoms with Gasteiger partial charge in [0.05, 0.1) is 7.85 Å². The standard InChI is InChI=1S/C9H11B/c1-8-2-4-9(5-3-8)6-7-10/h2-5H,6-7H2,1H3. The van der Waals surface area contributed by atoms with E-state index in [4.69, 9.17) is 7.85 Å². The van der Waals surface area contributed by atoms with Crippen molar-refractivity contribution in [2.24, 2.45) is 0 Å². The molecule has 2 radical (unpaired) electrons. The first-order valence-electron chi connectivity index (χ1n) is 3.58. The summed E-state index contributed by atoms with van der Waals surface area (Å²) >= 11 is 0. The summed E-state index contributed by atoms with van der Waals surface area (Å²) < 4.78 is 0. The van der Waals surface area contributed by atoms with Gasteiger partial charge in [0.25, 0.3) is 0 Å². The molecule has 0 amide bonds. The molecule has 0 heterocycles. The molecule has 0 aliphatic heterocycles. The van der Waals surface area contributed by atoms with Crippen molar-refractivity contribution < 1.29 is 0 Å². The van der Waals surface area contributed by atoms with Gasteiger partial charge in [-0.25, -0.2) is 0 Å². The molecule has 1 heteroatoms. The molecule has 0 aromatic heterocycles. The van der Waals surface area contributed by atoms with Gasteiger partial charge in [0.15, 0.2) is 0 Å². The van der Waals surface area contributed by atoms with Gasteiger partial charge in [-0.1, -0.05) is 36.1 Å². The van der Waals surface area contributed by atoms with Gasteiger partial charge >= 0.3 is 0 Å². The summed E-state index contributed by atoms with van der Waals surface area (Å²) in [5.74, 6) is 0. The minimum Gasteiger partial charge on any atom is -0.0847 e. The van der Waals surface area contributed by atoms with E-state index in [0.29, 0.717) is 0 Å². The third-order valence-corrected chi connectivity index (χ3v) is 1.55. The van der Waals surface area contributed by atoms with Crippen molar-refractivity contribution in [3.63, 3.8) is 0 Å². The molecular weight excluding hydrogens is 119 g/mol. The Kier molecular flexibility index (Phi) is 2.55. The predicted molar refractivity (Wildman–Crippen MR) is 45.4 cm³/mol. The SMILES string of the molecule is [B]CCc1ccc(C)cc1. The lowest BCUT2D eigenvalue weighted by molar-refractivity contribution is 1.13. The fraction of sp³-hybridized carbons (Fsp3) is 0.333. The molecule has 1 rings (SSSR count). The smallest absolute Gasteiger partial charge is 0.0657 e. The van der Waals surface area contributed by atoms with Crippen molar-refractivity contribution in [3.05, 3.63) is 35.4 Å². The van der Waals surface area contributed by atoms with Gasteiger partial charge in [-0.3, -0.25) is 0 Å². The quantitative estimate of drug-likeness (QED) is 0.538. The first-order valence-corrected chi connectivity index (χ1v) is 3.58. The van der Waals surface area contributed by atoms with Crippen LogP contribution in [0, 0.1) is 6.92 Å². The van der Waals surface area contributed by atoms with Crippen LogP contribution in [0.3, 0.4) is 0 Å². The van der Waals surface area contributed by atoms with Crippen LogP contribution in [0.1, 0.15) is 11.1 Å². The minimum absolute atomic E-state index is 0.739. The van der Waals surface area contributed by atoms with E-state index >= 15 is 0 Å². The molecule has 0 aliphatic rings.